The van der Waals surface area contributed by atoms with Gasteiger partial charge in [-0.25, -0.2) is 0 Å². The van der Waals surface area contributed by atoms with Gasteiger partial charge >= 0.3 is 0 Å². The highest BCUT2D eigenvalue weighted by Gasteiger charge is 2.35. The molecule has 4 nitrogen and oxygen atoms in total. The molecule has 2 heterocycles. The van der Waals surface area contributed by atoms with E-state index >= 15 is 0 Å². The van der Waals surface area contributed by atoms with Crippen molar-refractivity contribution in [2.45, 2.75) is 12.6 Å². The van der Waals surface area contributed by atoms with Crippen LogP contribution in [0.2, 0.25) is 0 Å². The molecule has 1 aliphatic rings. The average molecular weight is 432 g/mol. The van der Waals surface area contributed by atoms with Gasteiger partial charge in [0.25, 0.3) is 5.91 Å². The lowest BCUT2D eigenvalue weighted by molar-refractivity contribution is -0.117. The summed E-state index contributed by atoms with van der Waals surface area (Å²) >= 11 is 3.56. The highest BCUT2D eigenvalue weighted by atomic mass is 79.9. The number of nitrogens with zero attached hydrogens (tertiary/aromatic N) is 1. The predicted molar refractivity (Wildman–Crippen MR) is 116 cm³/mol. The second kappa shape index (κ2) is 6.84. The van der Waals surface area contributed by atoms with Gasteiger partial charge in [0.05, 0.1) is 11.4 Å². The first-order valence-electron chi connectivity index (χ1n) is 9.18. The molecular weight excluding hydrogens is 414 g/mol. The number of hydrogen-bond acceptors (Lipinski definition) is 2. The smallest absolute Gasteiger partial charge is 0.251 e. The zero-order valence-corrected chi connectivity index (χ0v) is 16.6. The Kier molecular flexibility index (Phi) is 4.17. The first-order chi connectivity index (χ1) is 13.7. The van der Waals surface area contributed by atoms with Crippen molar-refractivity contribution in [3.05, 3.63) is 94.6 Å². The minimum Gasteiger partial charge on any atom is -0.361 e. The fourth-order valence-corrected chi connectivity index (χ4v) is 4.28. The van der Waals surface area contributed by atoms with Gasteiger partial charge in [-0.05, 0) is 35.9 Å². The molecule has 0 saturated heterocycles. The topological polar surface area (TPSA) is 48.1 Å². The number of H-pyrrole nitrogens is 1. The number of aromatic nitrogens is 1. The fourth-order valence-electron chi connectivity index (χ4n) is 3.92. The molecule has 28 heavy (non-hydrogen) atoms. The SMILES string of the molecule is O=C1Nc2ccccc2N(Cc2ccccc2)[C@@H]1c1c[nH]c2ccc(Br)cc12. The normalized spacial score (nSPS) is 16.1. The Morgan fingerprint density at radius 2 is 1.75 bits per heavy atom. The van der Waals surface area contributed by atoms with Crippen molar-refractivity contribution in [1.29, 1.82) is 0 Å². The van der Waals surface area contributed by atoms with Crippen molar-refractivity contribution in [3.63, 3.8) is 0 Å². The molecule has 0 aliphatic carbocycles. The van der Waals surface area contributed by atoms with E-state index in [9.17, 15) is 4.79 Å². The van der Waals surface area contributed by atoms with E-state index in [4.69, 9.17) is 0 Å². The number of benzene rings is 3. The third kappa shape index (κ3) is 2.88. The van der Waals surface area contributed by atoms with E-state index in [0.717, 1.165) is 37.9 Å². The van der Waals surface area contributed by atoms with Crippen molar-refractivity contribution in [3.8, 4) is 0 Å². The van der Waals surface area contributed by atoms with Gasteiger partial charge in [0, 0.05) is 33.7 Å². The molecule has 1 atom stereocenters. The summed E-state index contributed by atoms with van der Waals surface area (Å²) in [5.41, 5.74) is 5.03. The molecule has 1 aromatic heterocycles. The van der Waals surface area contributed by atoms with Gasteiger partial charge in [-0.2, -0.15) is 0 Å². The van der Waals surface area contributed by atoms with Crippen LogP contribution in [0.25, 0.3) is 10.9 Å². The molecule has 0 fully saturated rings. The second-order valence-corrected chi connectivity index (χ2v) is 7.87. The van der Waals surface area contributed by atoms with E-state index in [2.05, 4.69) is 55.4 Å². The maximum Gasteiger partial charge on any atom is 0.251 e. The molecule has 0 bridgehead atoms. The van der Waals surface area contributed by atoms with Crippen molar-refractivity contribution in [2.75, 3.05) is 10.2 Å². The van der Waals surface area contributed by atoms with Crippen LogP contribution in [-0.4, -0.2) is 10.9 Å². The van der Waals surface area contributed by atoms with Gasteiger partial charge in [0.1, 0.15) is 6.04 Å². The van der Waals surface area contributed by atoms with Crippen molar-refractivity contribution in [1.82, 2.24) is 4.98 Å². The average Bonchev–Trinajstić information content (AvgIpc) is 3.11. The molecule has 0 saturated carbocycles. The summed E-state index contributed by atoms with van der Waals surface area (Å²) in [6, 6.07) is 23.9. The molecule has 0 spiro atoms. The van der Waals surface area contributed by atoms with Gasteiger partial charge in [-0.3, -0.25) is 4.79 Å². The number of nitrogens with one attached hydrogen (secondary N) is 2. The van der Waals surface area contributed by atoms with Crippen LogP contribution in [0.5, 0.6) is 0 Å². The minimum atomic E-state index is -0.418. The van der Waals surface area contributed by atoms with Crippen LogP contribution >= 0.6 is 15.9 Å². The van der Waals surface area contributed by atoms with Crippen LogP contribution in [-0.2, 0) is 11.3 Å². The zero-order valence-electron chi connectivity index (χ0n) is 15.0. The number of halogens is 1. The fraction of sp³-hybridized carbons (Fsp3) is 0.0870. The van der Waals surface area contributed by atoms with Gasteiger partial charge in [-0.1, -0.05) is 58.4 Å². The Morgan fingerprint density at radius 3 is 2.61 bits per heavy atom. The van der Waals surface area contributed by atoms with E-state index < -0.39 is 6.04 Å². The first kappa shape index (κ1) is 17.1. The lowest BCUT2D eigenvalue weighted by Crippen LogP contribution is -2.41. The largest absolute Gasteiger partial charge is 0.361 e. The number of fused-ring (bicyclic) bond motifs is 2. The number of carbonyl (C=O) groups is 1. The summed E-state index contributed by atoms with van der Waals surface area (Å²) in [6.45, 7) is 0.649. The summed E-state index contributed by atoms with van der Waals surface area (Å²) in [4.78, 5) is 18.7. The summed E-state index contributed by atoms with van der Waals surface area (Å²) in [6.07, 6.45) is 1.95. The van der Waals surface area contributed by atoms with Crippen LogP contribution in [0, 0.1) is 0 Å². The molecule has 5 heteroatoms. The number of aromatic amines is 1. The number of carbonyl (C=O) groups excluding carboxylic acids is 1. The highest BCUT2D eigenvalue weighted by molar-refractivity contribution is 9.10. The van der Waals surface area contributed by atoms with E-state index in [1.807, 2.05) is 54.7 Å². The van der Waals surface area contributed by atoms with Gasteiger partial charge < -0.3 is 15.2 Å². The predicted octanol–water partition coefficient (Wildman–Crippen LogP) is 5.63. The first-order valence-corrected chi connectivity index (χ1v) is 9.97. The van der Waals surface area contributed by atoms with Crippen LogP contribution in [0.15, 0.2) is 83.5 Å². The quantitative estimate of drug-likeness (QED) is 0.441. The molecule has 1 amide bonds. The number of anilines is 2. The molecular formula is C23H18BrN3O. The minimum absolute atomic E-state index is 0.0180. The lowest BCUT2D eigenvalue weighted by atomic mass is 9.98. The summed E-state index contributed by atoms with van der Waals surface area (Å²) in [5, 5.41) is 4.14. The molecule has 138 valence electrons. The summed E-state index contributed by atoms with van der Waals surface area (Å²) in [7, 11) is 0. The van der Waals surface area contributed by atoms with E-state index in [0.29, 0.717) is 6.54 Å². The summed E-state index contributed by atoms with van der Waals surface area (Å²) < 4.78 is 0.993. The Morgan fingerprint density at radius 1 is 0.964 bits per heavy atom. The number of para-hydroxylation sites is 2. The Balaban J connectivity index is 1.67. The highest BCUT2D eigenvalue weighted by Crippen LogP contribution is 2.41. The van der Waals surface area contributed by atoms with Crippen LogP contribution in [0.3, 0.4) is 0 Å². The third-order valence-corrected chi connectivity index (χ3v) is 5.69. The van der Waals surface area contributed by atoms with Crippen LogP contribution < -0.4 is 10.2 Å². The molecule has 1 aliphatic heterocycles. The van der Waals surface area contributed by atoms with Gasteiger partial charge in [0.2, 0.25) is 0 Å². The van der Waals surface area contributed by atoms with Gasteiger partial charge in [-0.15, -0.1) is 0 Å². The van der Waals surface area contributed by atoms with Crippen molar-refractivity contribution in [2.24, 2.45) is 0 Å². The van der Waals surface area contributed by atoms with Crippen molar-refractivity contribution >= 4 is 44.1 Å². The van der Waals surface area contributed by atoms with E-state index in [-0.39, 0.29) is 5.91 Å². The van der Waals surface area contributed by atoms with E-state index in [1.54, 1.807) is 0 Å². The Bertz CT molecular complexity index is 1170. The second-order valence-electron chi connectivity index (χ2n) is 6.96. The molecule has 2 N–H and O–H groups in total. The number of rotatable bonds is 3. The maximum atomic E-state index is 13.2. The molecule has 4 aromatic rings. The molecule has 3 aromatic carbocycles. The van der Waals surface area contributed by atoms with Gasteiger partial charge in [0.15, 0.2) is 0 Å². The standard InChI is InChI=1S/C23H18BrN3O/c24-16-10-11-19-17(12-16)18(13-25-19)22-23(28)26-20-8-4-5-9-21(20)27(22)14-15-6-2-1-3-7-15/h1-13,22,25H,14H2,(H,26,28)/t22-/m1/s1. The third-order valence-electron chi connectivity index (χ3n) is 5.20. The number of hydrogen-bond donors (Lipinski definition) is 2. The maximum absolute atomic E-state index is 13.2. The number of amides is 1. The van der Waals surface area contributed by atoms with Crippen LogP contribution in [0.4, 0.5) is 11.4 Å². The zero-order chi connectivity index (χ0) is 19.1. The summed E-state index contributed by atoms with van der Waals surface area (Å²) in [5.74, 6) is -0.0180. The Hall–Kier alpha value is -3.05. The van der Waals surface area contributed by atoms with Crippen molar-refractivity contribution < 1.29 is 4.79 Å². The lowest BCUT2D eigenvalue weighted by Gasteiger charge is -2.38. The molecule has 0 unspecified atom stereocenters. The Labute approximate surface area is 171 Å². The van der Waals surface area contributed by atoms with E-state index in [1.165, 1.54) is 0 Å². The monoisotopic (exact) mass is 431 g/mol. The molecule has 5 rings (SSSR count). The van der Waals surface area contributed by atoms with Crippen LogP contribution in [0.1, 0.15) is 17.2 Å². The molecule has 0 radical (unpaired) electrons.